The van der Waals surface area contributed by atoms with Crippen molar-refractivity contribution in [2.24, 2.45) is 11.1 Å². The molecular formula is C15H26N2O. The zero-order chi connectivity index (χ0) is 13.6. The molecule has 3 nitrogen and oxygen atoms in total. The summed E-state index contributed by atoms with van der Waals surface area (Å²) >= 11 is 0. The minimum Gasteiger partial charge on any atom is -0.497 e. The van der Waals surface area contributed by atoms with Gasteiger partial charge in [0.1, 0.15) is 5.75 Å². The molecular weight excluding hydrogens is 224 g/mol. The zero-order valence-corrected chi connectivity index (χ0v) is 12.1. The van der Waals surface area contributed by atoms with E-state index in [0.717, 1.165) is 25.3 Å². The molecule has 1 rings (SSSR count). The van der Waals surface area contributed by atoms with Crippen LogP contribution in [0.5, 0.6) is 5.75 Å². The number of anilines is 1. The molecule has 0 saturated carbocycles. The van der Waals surface area contributed by atoms with Crippen molar-refractivity contribution in [2.45, 2.75) is 26.7 Å². The number of hydrogen-bond acceptors (Lipinski definition) is 3. The number of nitrogens with zero attached hydrogens (tertiary/aromatic N) is 1. The Morgan fingerprint density at radius 2 is 1.89 bits per heavy atom. The van der Waals surface area contributed by atoms with Gasteiger partial charge in [0, 0.05) is 19.3 Å². The van der Waals surface area contributed by atoms with Gasteiger partial charge in [0.15, 0.2) is 0 Å². The Morgan fingerprint density at radius 1 is 1.28 bits per heavy atom. The van der Waals surface area contributed by atoms with Crippen molar-refractivity contribution in [1.82, 2.24) is 0 Å². The van der Waals surface area contributed by atoms with E-state index in [2.05, 4.69) is 37.9 Å². The standard InChI is InChI=1S/C15H26N2O/c1-5-10-15(2,11-16)12-17(3)13-6-8-14(18-4)9-7-13/h6-9H,5,10-12,16H2,1-4H3. The third kappa shape index (κ3) is 3.91. The highest BCUT2D eigenvalue weighted by atomic mass is 16.5. The molecule has 0 fully saturated rings. The fourth-order valence-corrected chi connectivity index (χ4v) is 2.35. The minimum absolute atomic E-state index is 0.184. The molecule has 0 saturated heterocycles. The van der Waals surface area contributed by atoms with Gasteiger partial charge >= 0.3 is 0 Å². The molecule has 0 aliphatic carbocycles. The zero-order valence-electron chi connectivity index (χ0n) is 12.1. The van der Waals surface area contributed by atoms with Gasteiger partial charge in [0.2, 0.25) is 0 Å². The smallest absolute Gasteiger partial charge is 0.119 e. The summed E-state index contributed by atoms with van der Waals surface area (Å²) in [5.74, 6) is 0.891. The monoisotopic (exact) mass is 250 g/mol. The quantitative estimate of drug-likeness (QED) is 0.808. The Labute approximate surface area is 111 Å². The van der Waals surface area contributed by atoms with Crippen LogP contribution in [0.15, 0.2) is 24.3 Å². The third-order valence-electron chi connectivity index (χ3n) is 3.48. The van der Waals surface area contributed by atoms with E-state index in [0.29, 0.717) is 0 Å². The van der Waals surface area contributed by atoms with E-state index in [1.807, 2.05) is 12.1 Å². The lowest BCUT2D eigenvalue weighted by molar-refractivity contribution is 0.312. The lowest BCUT2D eigenvalue weighted by atomic mass is 9.85. The highest BCUT2D eigenvalue weighted by Crippen LogP contribution is 2.26. The fourth-order valence-electron chi connectivity index (χ4n) is 2.35. The van der Waals surface area contributed by atoms with Gasteiger partial charge in [-0.2, -0.15) is 0 Å². The molecule has 1 unspecified atom stereocenters. The van der Waals surface area contributed by atoms with E-state index in [-0.39, 0.29) is 5.41 Å². The van der Waals surface area contributed by atoms with Crippen molar-refractivity contribution < 1.29 is 4.74 Å². The maximum Gasteiger partial charge on any atom is 0.119 e. The first-order chi connectivity index (χ1) is 8.54. The van der Waals surface area contributed by atoms with Gasteiger partial charge < -0.3 is 15.4 Å². The summed E-state index contributed by atoms with van der Waals surface area (Å²) in [4.78, 5) is 2.27. The van der Waals surface area contributed by atoms with E-state index < -0.39 is 0 Å². The molecule has 0 aliphatic rings. The maximum atomic E-state index is 5.92. The minimum atomic E-state index is 0.184. The second kappa shape index (κ2) is 6.64. The maximum absolute atomic E-state index is 5.92. The van der Waals surface area contributed by atoms with Gasteiger partial charge in [-0.15, -0.1) is 0 Å². The first kappa shape index (κ1) is 14.8. The summed E-state index contributed by atoms with van der Waals surface area (Å²) in [6.07, 6.45) is 2.33. The van der Waals surface area contributed by atoms with Crippen LogP contribution in [0.1, 0.15) is 26.7 Å². The van der Waals surface area contributed by atoms with Crippen LogP contribution in [0.3, 0.4) is 0 Å². The van der Waals surface area contributed by atoms with E-state index >= 15 is 0 Å². The average molecular weight is 250 g/mol. The molecule has 1 aromatic carbocycles. The average Bonchev–Trinajstić information content (AvgIpc) is 2.39. The molecule has 0 radical (unpaired) electrons. The normalized spacial score (nSPS) is 14.1. The predicted molar refractivity (Wildman–Crippen MR) is 78.3 cm³/mol. The number of methoxy groups -OCH3 is 1. The molecule has 1 aromatic rings. The van der Waals surface area contributed by atoms with E-state index in [1.165, 1.54) is 12.1 Å². The molecule has 0 aliphatic heterocycles. The van der Waals surface area contributed by atoms with Gasteiger partial charge in [-0.1, -0.05) is 20.3 Å². The number of rotatable bonds is 7. The highest BCUT2D eigenvalue weighted by molar-refractivity contribution is 5.48. The summed E-state index contributed by atoms with van der Waals surface area (Å²) in [5, 5.41) is 0. The molecule has 0 amide bonds. The van der Waals surface area contributed by atoms with Crippen molar-refractivity contribution in [2.75, 3.05) is 32.1 Å². The Hall–Kier alpha value is -1.22. The fraction of sp³-hybridized carbons (Fsp3) is 0.600. The van der Waals surface area contributed by atoms with Crippen LogP contribution in [0.2, 0.25) is 0 Å². The molecule has 102 valence electrons. The Bertz CT molecular complexity index is 350. The lowest BCUT2D eigenvalue weighted by Crippen LogP contribution is -2.39. The van der Waals surface area contributed by atoms with Crippen LogP contribution < -0.4 is 15.4 Å². The number of nitrogens with two attached hydrogens (primary N) is 1. The van der Waals surface area contributed by atoms with Crippen molar-refractivity contribution in [3.63, 3.8) is 0 Å². The summed E-state index contributed by atoms with van der Waals surface area (Å²) in [5.41, 5.74) is 7.30. The van der Waals surface area contributed by atoms with Crippen LogP contribution in [-0.4, -0.2) is 27.2 Å². The molecule has 3 heteroatoms. The van der Waals surface area contributed by atoms with E-state index in [1.54, 1.807) is 7.11 Å². The Morgan fingerprint density at radius 3 is 2.33 bits per heavy atom. The van der Waals surface area contributed by atoms with Crippen LogP contribution in [0.25, 0.3) is 0 Å². The second-order valence-electron chi connectivity index (χ2n) is 5.32. The first-order valence-corrected chi connectivity index (χ1v) is 6.60. The molecule has 0 heterocycles. The predicted octanol–water partition coefficient (Wildman–Crippen LogP) is 2.90. The second-order valence-corrected chi connectivity index (χ2v) is 5.32. The van der Waals surface area contributed by atoms with E-state index in [9.17, 15) is 0 Å². The molecule has 2 N–H and O–H groups in total. The summed E-state index contributed by atoms with van der Waals surface area (Å²) in [6.45, 7) is 6.17. The largest absolute Gasteiger partial charge is 0.497 e. The van der Waals surface area contributed by atoms with Gasteiger partial charge in [0.25, 0.3) is 0 Å². The Balaban J connectivity index is 2.70. The molecule has 1 atom stereocenters. The lowest BCUT2D eigenvalue weighted by Gasteiger charge is -2.33. The van der Waals surface area contributed by atoms with Crippen LogP contribution in [0, 0.1) is 5.41 Å². The molecule has 0 aromatic heterocycles. The SMILES string of the molecule is CCCC(C)(CN)CN(C)c1ccc(OC)cc1. The van der Waals surface area contributed by atoms with Gasteiger partial charge in [-0.25, -0.2) is 0 Å². The van der Waals surface area contributed by atoms with Crippen molar-refractivity contribution >= 4 is 5.69 Å². The van der Waals surface area contributed by atoms with Crippen molar-refractivity contribution in [3.8, 4) is 5.75 Å². The van der Waals surface area contributed by atoms with Crippen LogP contribution in [0.4, 0.5) is 5.69 Å². The van der Waals surface area contributed by atoms with E-state index in [4.69, 9.17) is 10.5 Å². The topological polar surface area (TPSA) is 38.5 Å². The Kier molecular flexibility index (Phi) is 5.48. The van der Waals surface area contributed by atoms with Gasteiger partial charge in [-0.05, 0) is 42.6 Å². The number of ether oxygens (including phenoxy) is 1. The van der Waals surface area contributed by atoms with Gasteiger partial charge in [0.05, 0.1) is 7.11 Å². The summed E-state index contributed by atoms with van der Waals surface area (Å²) in [6, 6.07) is 8.15. The third-order valence-corrected chi connectivity index (χ3v) is 3.48. The van der Waals surface area contributed by atoms with Crippen LogP contribution >= 0.6 is 0 Å². The highest BCUT2D eigenvalue weighted by Gasteiger charge is 2.23. The van der Waals surface area contributed by atoms with Crippen LogP contribution in [-0.2, 0) is 0 Å². The molecule has 0 spiro atoms. The molecule has 0 bridgehead atoms. The molecule has 18 heavy (non-hydrogen) atoms. The summed E-state index contributed by atoms with van der Waals surface area (Å²) < 4.78 is 5.17. The first-order valence-electron chi connectivity index (χ1n) is 6.60. The number of hydrogen-bond donors (Lipinski definition) is 1. The number of benzene rings is 1. The van der Waals surface area contributed by atoms with Gasteiger partial charge in [-0.3, -0.25) is 0 Å². The van der Waals surface area contributed by atoms with Crippen molar-refractivity contribution in [1.29, 1.82) is 0 Å². The summed E-state index contributed by atoms with van der Waals surface area (Å²) in [7, 11) is 3.80. The van der Waals surface area contributed by atoms with Crippen molar-refractivity contribution in [3.05, 3.63) is 24.3 Å².